The van der Waals surface area contributed by atoms with Crippen molar-refractivity contribution in [1.29, 1.82) is 0 Å². The molecule has 1 aromatic carbocycles. The first-order chi connectivity index (χ1) is 12.9. The molecule has 1 N–H and O–H groups in total. The van der Waals surface area contributed by atoms with Crippen molar-refractivity contribution in [1.82, 2.24) is 9.80 Å². The van der Waals surface area contributed by atoms with Crippen LogP contribution in [0.3, 0.4) is 0 Å². The van der Waals surface area contributed by atoms with E-state index in [-0.39, 0.29) is 24.6 Å². The van der Waals surface area contributed by atoms with Crippen molar-refractivity contribution in [3.05, 3.63) is 18.2 Å². The Morgan fingerprint density at radius 2 is 2.15 bits per heavy atom. The van der Waals surface area contributed by atoms with Gasteiger partial charge in [0.15, 0.2) is 6.61 Å². The maximum atomic E-state index is 12.9. The van der Waals surface area contributed by atoms with E-state index in [9.17, 15) is 9.59 Å². The number of nitrogens with one attached hydrogen (secondary N) is 1. The number of nitrogens with zero attached hydrogens (tertiary/aromatic N) is 3. The number of hydrogen-bond acceptors (Lipinski definition) is 5. The molecule has 2 aliphatic rings. The maximum absolute atomic E-state index is 12.9. The van der Waals surface area contributed by atoms with E-state index in [0.29, 0.717) is 30.2 Å². The molecular formula is C19H28N4O4. The monoisotopic (exact) mass is 376 g/mol. The first-order valence-electron chi connectivity index (χ1n) is 9.29. The van der Waals surface area contributed by atoms with Gasteiger partial charge in [0.2, 0.25) is 0 Å². The molecule has 0 spiro atoms. The van der Waals surface area contributed by atoms with Gasteiger partial charge in [-0.1, -0.05) is 0 Å². The predicted octanol–water partition coefficient (Wildman–Crippen LogP) is 1.62. The standard InChI is InChI=1S/C19H28N4O4/c1-21(2)8-9-23(12-15-5-4-10-26-15)19(25)20-14-6-7-17-16(11-14)22(3)18(24)13-27-17/h6-7,11,15H,4-5,8-10,12-13H2,1-3H3,(H,20,25). The van der Waals surface area contributed by atoms with Crippen LogP contribution < -0.4 is 15.0 Å². The summed E-state index contributed by atoms with van der Waals surface area (Å²) in [4.78, 5) is 30.1. The second-order valence-corrected chi connectivity index (χ2v) is 7.24. The summed E-state index contributed by atoms with van der Waals surface area (Å²) >= 11 is 0. The number of carbonyl (C=O) groups excluding carboxylic acids is 2. The molecule has 3 amide bonds. The lowest BCUT2D eigenvalue weighted by atomic mass is 10.2. The van der Waals surface area contributed by atoms with E-state index in [1.165, 1.54) is 0 Å². The van der Waals surface area contributed by atoms with Crippen LogP contribution >= 0.6 is 0 Å². The SMILES string of the molecule is CN(C)CCN(CC1CCCO1)C(=O)Nc1ccc2c(c1)N(C)C(=O)CO2. The van der Waals surface area contributed by atoms with Crippen molar-refractivity contribution in [2.45, 2.75) is 18.9 Å². The average Bonchev–Trinajstić information content (AvgIpc) is 3.15. The highest BCUT2D eigenvalue weighted by molar-refractivity contribution is 5.99. The number of rotatable bonds is 6. The van der Waals surface area contributed by atoms with E-state index >= 15 is 0 Å². The molecule has 1 fully saturated rings. The van der Waals surface area contributed by atoms with E-state index in [0.717, 1.165) is 26.0 Å². The summed E-state index contributed by atoms with van der Waals surface area (Å²) in [6.07, 6.45) is 2.12. The molecule has 2 heterocycles. The Labute approximate surface area is 160 Å². The highest BCUT2D eigenvalue weighted by Gasteiger charge is 2.25. The van der Waals surface area contributed by atoms with Gasteiger partial charge in [0, 0.05) is 39.0 Å². The summed E-state index contributed by atoms with van der Waals surface area (Å²) in [6, 6.07) is 5.16. The van der Waals surface area contributed by atoms with Crippen LogP contribution in [0.25, 0.3) is 0 Å². The van der Waals surface area contributed by atoms with E-state index in [1.54, 1.807) is 35.0 Å². The molecule has 1 unspecified atom stereocenters. The minimum absolute atomic E-state index is 0.0366. The fourth-order valence-electron chi connectivity index (χ4n) is 3.18. The Kier molecular flexibility index (Phi) is 6.18. The van der Waals surface area contributed by atoms with Crippen LogP contribution in [0, 0.1) is 0 Å². The molecule has 2 aliphatic heterocycles. The van der Waals surface area contributed by atoms with Crippen LogP contribution in [0.5, 0.6) is 5.75 Å². The number of fused-ring (bicyclic) bond motifs is 1. The number of anilines is 2. The van der Waals surface area contributed by atoms with Crippen LogP contribution in [-0.4, -0.2) is 81.8 Å². The zero-order valence-electron chi connectivity index (χ0n) is 16.2. The van der Waals surface area contributed by atoms with Crippen molar-refractivity contribution < 1.29 is 19.1 Å². The molecule has 3 rings (SSSR count). The van der Waals surface area contributed by atoms with Crippen LogP contribution in [0.15, 0.2) is 18.2 Å². The molecule has 0 aliphatic carbocycles. The first kappa shape index (κ1) is 19.4. The molecule has 8 heteroatoms. The average molecular weight is 376 g/mol. The third kappa shape index (κ3) is 4.90. The number of likely N-dealkylation sites (N-methyl/N-ethyl adjacent to an activating group) is 2. The molecule has 0 aromatic heterocycles. The van der Waals surface area contributed by atoms with Gasteiger partial charge in [-0.05, 0) is 45.1 Å². The summed E-state index contributed by atoms with van der Waals surface area (Å²) in [6.45, 7) is 2.76. The summed E-state index contributed by atoms with van der Waals surface area (Å²) in [5.41, 5.74) is 1.29. The van der Waals surface area contributed by atoms with Crippen molar-refractivity contribution >= 4 is 23.3 Å². The van der Waals surface area contributed by atoms with Gasteiger partial charge in [-0.25, -0.2) is 4.79 Å². The summed E-state index contributed by atoms with van der Waals surface area (Å²) in [7, 11) is 5.67. The van der Waals surface area contributed by atoms with E-state index in [4.69, 9.17) is 9.47 Å². The molecule has 1 aromatic rings. The molecule has 0 saturated carbocycles. The van der Waals surface area contributed by atoms with Gasteiger partial charge in [-0.15, -0.1) is 0 Å². The maximum Gasteiger partial charge on any atom is 0.321 e. The number of urea groups is 1. The molecular weight excluding hydrogens is 348 g/mol. The third-order valence-electron chi connectivity index (χ3n) is 4.85. The first-order valence-corrected chi connectivity index (χ1v) is 9.29. The van der Waals surface area contributed by atoms with E-state index in [1.807, 2.05) is 19.0 Å². The summed E-state index contributed by atoms with van der Waals surface area (Å²) in [5, 5.41) is 2.94. The largest absolute Gasteiger partial charge is 0.482 e. The van der Waals surface area contributed by atoms with Gasteiger partial charge in [0.05, 0.1) is 11.8 Å². The Balaban J connectivity index is 1.69. The van der Waals surface area contributed by atoms with Crippen molar-refractivity contribution in [2.75, 3.05) is 64.2 Å². The number of amides is 3. The molecule has 0 bridgehead atoms. The molecule has 1 saturated heterocycles. The smallest absolute Gasteiger partial charge is 0.321 e. The lowest BCUT2D eigenvalue weighted by molar-refractivity contribution is -0.120. The van der Waals surface area contributed by atoms with Gasteiger partial charge in [0.1, 0.15) is 5.75 Å². The molecule has 27 heavy (non-hydrogen) atoms. The van der Waals surface area contributed by atoms with Gasteiger partial charge < -0.3 is 29.5 Å². The highest BCUT2D eigenvalue weighted by atomic mass is 16.5. The normalized spacial score (nSPS) is 19.0. The number of hydrogen-bond donors (Lipinski definition) is 1. The minimum atomic E-state index is -0.169. The fourth-order valence-corrected chi connectivity index (χ4v) is 3.18. The predicted molar refractivity (Wildman–Crippen MR) is 103 cm³/mol. The Morgan fingerprint density at radius 3 is 2.85 bits per heavy atom. The third-order valence-corrected chi connectivity index (χ3v) is 4.85. The van der Waals surface area contributed by atoms with Crippen molar-refractivity contribution in [3.8, 4) is 5.75 Å². The van der Waals surface area contributed by atoms with Crippen LogP contribution in [0.1, 0.15) is 12.8 Å². The molecule has 0 radical (unpaired) electrons. The van der Waals surface area contributed by atoms with Crippen LogP contribution in [0.4, 0.5) is 16.2 Å². The molecule has 8 nitrogen and oxygen atoms in total. The summed E-state index contributed by atoms with van der Waals surface area (Å²) in [5.74, 6) is 0.524. The van der Waals surface area contributed by atoms with Crippen LogP contribution in [0.2, 0.25) is 0 Å². The molecule has 1 atom stereocenters. The van der Waals surface area contributed by atoms with Crippen molar-refractivity contribution in [3.63, 3.8) is 0 Å². The van der Waals surface area contributed by atoms with Gasteiger partial charge in [-0.2, -0.15) is 0 Å². The van der Waals surface area contributed by atoms with Gasteiger partial charge in [0.25, 0.3) is 5.91 Å². The van der Waals surface area contributed by atoms with Crippen LogP contribution in [-0.2, 0) is 9.53 Å². The summed E-state index contributed by atoms with van der Waals surface area (Å²) < 4.78 is 11.1. The number of benzene rings is 1. The Morgan fingerprint density at radius 1 is 1.33 bits per heavy atom. The second kappa shape index (κ2) is 8.58. The highest BCUT2D eigenvalue weighted by Crippen LogP contribution is 2.33. The topological polar surface area (TPSA) is 74.4 Å². The Hall–Kier alpha value is -2.32. The Bertz CT molecular complexity index is 688. The second-order valence-electron chi connectivity index (χ2n) is 7.24. The van der Waals surface area contributed by atoms with Gasteiger partial charge in [-0.3, -0.25) is 4.79 Å². The minimum Gasteiger partial charge on any atom is -0.482 e. The lowest BCUT2D eigenvalue weighted by Crippen LogP contribution is -2.43. The fraction of sp³-hybridized carbons (Fsp3) is 0.579. The number of ether oxygens (including phenoxy) is 2. The zero-order valence-corrected chi connectivity index (χ0v) is 16.2. The van der Waals surface area contributed by atoms with Crippen molar-refractivity contribution in [2.24, 2.45) is 0 Å². The number of carbonyl (C=O) groups is 2. The van der Waals surface area contributed by atoms with Gasteiger partial charge >= 0.3 is 6.03 Å². The lowest BCUT2D eigenvalue weighted by Gasteiger charge is -2.28. The van der Waals surface area contributed by atoms with E-state index in [2.05, 4.69) is 5.32 Å². The quantitative estimate of drug-likeness (QED) is 0.817. The zero-order chi connectivity index (χ0) is 19.4. The van der Waals surface area contributed by atoms with E-state index < -0.39 is 0 Å². The molecule has 148 valence electrons.